The molecular formula is C15H27NO3. The van der Waals surface area contributed by atoms with E-state index in [1.807, 2.05) is 13.8 Å². The molecular weight excluding hydrogens is 242 g/mol. The van der Waals surface area contributed by atoms with E-state index in [0.717, 1.165) is 12.8 Å². The molecule has 0 aliphatic heterocycles. The average Bonchev–Trinajstić information content (AvgIpc) is 2.42. The summed E-state index contributed by atoms with van der Waals surface area (Å²) in [6.45, 7) is 3.80. The fourth-order valence-corrected chi connectivity index (χ4v) is 2.74. The van der Waals surface area contributed by atoms with Gasteiger partial charge in [0.2, 0.25) is 5.91 Å². The summed E-state index contributed by atoms with van der Waals surface area (Å²) < 4.78 is 0. The molecule has 1 unspecified atom stereocenters. The maximum absolute atomic E-state index is 11.8. The summed E-state index contributed by atoms with van der Waals surface area (Å²) in [5.74, 6) is -0.416. The van der Waals surface area contributed by atoms with E-state index < -0.39 is 12.0 Å². The number of carbonyl (C=O) groups excluding carboxylic acids is 1. The zero-order valence-corrected chi connectivity index (χ0v) is 12.2. The third-order valence-corrected chi connectivity index (χ3v) is 4.30. The van der Waals surface area contributed by atoms with Crippen molar-refractivity contribution in [2.75, 3.05) is 0 Å². The second kappa shape index (κ2) is 8.18. The number of hydrogen-bond acceptors (Lipinski definition) is 2. The molecule has 2 N–H and O–H groups in total. The van der Waals surface area contributed by atoms with Crippen molar-refractivity contribution in [3.63, 3.8) is 0 Å². The van der Waals surface area contributed by atoms with Crippen LogP contribution in [0.25, 0.3) is 0 Å². The highest BCUT2D eigenvalue weighted by Gasteiger charge is 2.25. The van der Waals surface area contributed by atoms with Crippen LogP contribution in [-0.4, -0.2) is 23.0 Å². The summed E-state index contributed by atoms with van der Waals surface area (Å²) in [6.07, 6.45) is 8.43. The third-order valence-electron chi connectivity index (χ3n) is 4.30. The van der Waals surface area contributed by atoms with Crippen LogP contribution in [0.2, 0.25) is 0 Å². The first kappa shape index (κ1) is 16.0. The average molecular weight is 269 g/mol. The monoisotopic (exact) mass is 269 g/mol. The van der Waals surface area contributed by atoms with E-state index in [9.17, 15) is 9.59 Å². The standard InChI is InChI=1S/C15H27NO3/c1-3-11(2)14(15(18)19)16-13(17)10-9-12-7-5-4-6-8-12/h11-12,14H,3-10H2,1-2H3,(H,16,17)(H,18,19)/t11?,14-/m0/s1. The van der Waals surface area contributed by atoms with Crippen molar-refractivity contribution < 1.29 is 14.7 Å². The minimum absolute atomic E-state index is 0.0314. The molecule has 0 spiro atoms. The van der Waals surface area contributed by atoms with Gasteiger partial charge in [-0.25, -0.2) is 4.79 Å². The molecule has 1 aliphatic rings. The summed E-state index contributed by atoms with van der Waals surface area (Å²) >= 11 is 0. The third kappa shape index (κ3) is 5.62. The molecule has 1 saturated carbocycles. The molecule has 4 nitrogen and oxygen atoms in total. The van der Waals surface area contributed by atoms with Crippen molar-refractivity contribution in [2.45, 2.75) is 71.3 Å². The fraction of sp³-hybridized carbons (Fsp3) is 0.867. The van der Waals surface area contributed by atoms with Gasteiger partial charge in [0, 0.05) is 6.42 Å². The van der Waals surface area contributed by atoms with E-state index in [1.165, 1.54) is 32.1 Å². The van der Waals surface area contributed by atoms with Gasteiger partial charge in [0.15, 0.2) is 0 Å². The Hall–Kier alpha value is -1.06. The van der Waals surface area contributed by atoms with Gasteiger partial charge < -0.3 is 10.4 Å². The quantitative estimate of drug-likeness (QED) is 0.746. The topological polar surface area (TPSA) is 66.4 Å². The van der Waals surface area contributed by atoms with Crippen molar-refractivity contribution in [3.8, 4) is 0 Å². The molecule has 0 aromatic carbocycles. The summed E-state index contributed by atoms with van der Waals surface area (Å²) in [5, 5.41) is 11.8. The van der Waals surface area contributed by atoms with Crippen molar-refractivity contribution in [1.29, 1.82) is 0 Å². The van der Waals surface area contributed by atoms with Crippen LogP contribution in [0.5, 0.6) is 0 Å². The molecule has 1 fully saturated rings. The van der Waals surface area contributed by atoms with E-state index in [2.05, 4.69) is 5.32 Å². The molecule has 4 heteroatoms. The Morgan fingerprint density at radius 2 is 1.89 bits per heavy atom. The Morgan fingerprint density at radius 1 is 1.26 bits per heavy atom. The normalized spacial score (nSPS) is 19.7. The highest BCUT2D eigenvalue weighted by Crippen LogP contribution is 2.27. The number of hydrogen-bond donors (Lipinski definition) is 2. The maximum atomic E-state index is 11.8. The lowest BCUT2D eigenvalue weighted by Crippen LogP contribution is -2.45. The number of carboxylic acids is 1. The van der Waals surface area contributed by atoms with Crippen LogP contribution in [0, 0.1) is 11.8 Å². The van der Waals surface area contributed by atoms with Gasteiger partial charge in [0.05, 0.1) is 0 Å². The molecule has 0 bridgehead atoms. The number of carboxylic acid groups (broad SMARTS) is 1. The van der Waals surface area contributed by atoms with Crippen molar-refractivity contribution in [1.82, 2.24) is 5.32 Å². The Bertz CT molecular complexity index is 298. The Labute approximate surface area is 116 Å². The lowest BCUT2D eigenvalue weighted by Gasteiger charge is -2.23. The number of amides is 1. The Morgan fingerprint density at radius 3 is 2.42 bits per heavy atom. The molecule has 0 saturated heterocycles. The SMILES string of the molecule is CCC(C)[C@H](NC(=O)CCC1CCCCC1)C(=O)O. The van der Waals surface area contributed by atoms with Crippen LogP contribution in [0.1, 0.15) is 65.2 Å². The number of nitrogens with one attached hydrogen (secondary N) is 1. The van der Waals surface area contributed by atoms with Crippen molar-refractivity contribution in [2.24, 2.45) is 11.8 Å². The fourth-order valence-electron chi connectivity index (χ4n) is 2.74. The van der Waals surface area contributed by atoms with Crippen LogP contribution in [0.4, 0.5) is 0 Å². The van der Waals surface area contributed by atoms with Gasteiger partial charge in [0.1, 0.15) is 6.04 Å². The second-order valence-corrected chi connectivity index (χ2v) is 5.81. The van der Waals surface area contributed by atoms with Gasteiger partial charge in [-0.05, 0) is 18.3 Å². The van der Waals surface area contributed by atoms with E-state index in [-0.39, 0.29) is 11.8 Å². The zero-order valence-electron chi connectivity index (χ0n) is 12.2. The van der Waals surface area contributed by atoms with Crippen molar-refractivity contribution >= 4 is 11.9 Å². The lowest BCUT2D eigenvalue weighted by molar-refractivity contribution is -0.143. The van der Waals surface area contributed by atoms with E-state index >= 15 is 0 Å². The molecule has 1 rings (SSSR count). The van der Waals surface area contributed by atoms with Gasteiger partial charge in [-0.3, -0.25) is 4.79 Å². The molecule has 110 valence electrons. The molecule has 1 aliphatic carbocycles. The molecule has 0 aromatic heterocycles. The zero-order chi connectivity index (χ0) is 14.3. The second-order valence-electron chi connectivity index (χ2n) is 5.81. The highest BCUT2D eigenvalue weighted by atomic mass is 16.4. The highest BCUT2D eigenvalue weighted by molar-refractivity contribution is 5.83. The van der Waals surface area contributed by atoms with Crippen LogP contribution in [0.3, 0.4) is 0 Å². The first-order valence-electron chi connectivity index (χ1n) is 7.56. The Kier molecular flexibility index (Phi) is 6.89. The van der Waals surface area contributed by atoms with Crippen LogP contribution in [0.15, 0.2) is 0 Å². The summed E-state index contributed by atoms with van der Waals surface area (Å²) in [5.41, 5.74) is 0. The molecule has 1 amide bonds. The van der Waals surface area contributed by atoms with E-state index in [4.69, 9.17) is 5.11 Å². The minimum Gasteiger partial charge on any atom is -0.480 e. The number of aliphatic carboxylic acids is 1. The largest absolute Gasteiger partial charge is 0.480 e. The van der Waals surface area contributed by atoms with Gasteiger partial charge >= 0.3 is 5.97 Å². The lowest BCUT2D eigenvalue weighted by atomic mass is 9.86. The van der Waals surface area contributed by atoms with Crippen LogP contribution in [-0.2, 0) is 9.59 Å². The predicted octanol–water partition coefficient (Wildman–Crippen LogP) is 2.96. The molecule has 0 radical (unpaired) electrons. The molecule has 19 heavy (non-hydrogen) atoms. The van der Waals surface area contributed by atoms with Gasteiger partial charge in [-0.2, -0.15) is 0 Å². The van der Waals surface area contributed by atoms with Crippen LogP contribution < -0.4 is 5.32 Å². The summed E-state index contributed by atoms with van der Waals surface area (Å²) in [4.78, 5) is 23.0. The molecule has 0 heterocycles. The molecule has 0 aromatic rings. The first-order valence-corrected chi connectivity index (χ1v) is 7.56. The number of carbonyl (C=O) groups is 2. The molecule has 2 atom stereocenters. The van der Waals surface area contributed by atoms with Crippen LogP contribution >= 0.6 is 0 Å². The van der Waals surface area contributed by atoms with Gasteiger partial charge in [-0.15, -0.1) is 0 Å². The van der Waals surface area contributed by atoms with E-state index in [1.54, 1.807) is 0 Å². The predicted molar refractivity (Wildman–Crippen MR) is 74.8 cm³/mol. The van der Waals surface area contributed by atoms with Gasteiger partial charge in [-0.1, -0.05) is 52.4 Å². The van der Waals surface area contributed by atoms with Gasteiger partial charge in [0.25, 0.3) is 0 Å². The number of rotatable bonds is 7. The summed E-state index contributed by atoms with van der Waals surface area (Å²) in [7, 11) is 0. The van der Waals surface area contributed by atoms with Crippen molar-refractivity contribution in [3.05, 3.63) is 0 Å². The Balaban J connectivity index is 2.33. The maximum Gasteiger partial charge on any atom is 0.326 e. The summed E-state index contributed by atoms with van der Waals surface area (Å²) in [6, 6.07) is -0.746. The smallest absolute Gasteiger partial charge is 0.326 e. The first-order chi connectivity index (χ1) is 9.04. The minimum atomic E-state index is -0.930. The van der Waals surface area contributed by atoms with E-state index in [0.29, 0.717) is 12.3 Å².